The van der Waals surface area contributed by atoms with Crippen molar-refractivity contribution in [2.45, 2.75) is 37.4 Å². The predicted molar refractivity (Wildman–Crippen MR) is 127 cm³/mol. The first-order valence-corrected chi connectivity index (χ1v) is 11.5. The predicted octanol–water partition coefficient (Wildman–Crippen LogP) is 2.99. The lowest BCUT2D eigenvalue weighted by Crippen LogP contribution is -2.59. The molecule has 0 spiro atoms. The molecular formula is C26H20N4O5. The number of carbonyl (C=O) groups is 2. The largest absolute Gasteiger partial charge is 0.376 e. The molecule has 9 nitrogen and oxygen atoms in total. The van der Waals surface area contributed by atoms with Gasteiger partial charge in [0, 0.05) is 34.5 Å². The number of aromatic nitrogens is 2. The quantitative estimate of drug-likeness (QED) is 0.223. The standard InChI is InChI=1S/C26H20N4O5/c1-25-26(33,24(32)28-34)10-17(35-25)29-15-8-4-2-6-12(15)19-20-14(11-27-23(20)31)18-13-7-3-5-9-16(13)30(25)22(18)21(19)29/h2-9,17,33-34H,10-11H2,1H3,(H,27,31)(H,28,32)/t17-,25+,26-/m1/s1. The van der Waals surface area contributed by atoms with Gasteiger partial charge in [-0.3, -0.25) is 14.8 Å². The van der Waals surface area contributed by atoms with Crippen LogP contribution in [0.2, 0.25) is 0 Å². The average molecular weight is 468 g/mol. The van der Waals surface area contributed by atoms with Gasteiger partial charge in [-0.1, -0.05) is 36.4 Å². The van der Waals surface area contributed by atoms with Crippen LogP contribution in [0.25, 0.3) is 43.6 Å². The van der Waals surface area contributed by atoms with Crippen molar-refractivity contribution in [2.24, 2.45) is 0 Å². The van der Waals surface area contributed by atoms with Crippen molar-refractivity contribution in [1.82, 2.24) is 19.9 Å². The lowest BCUT2D eigenvalue weighted by atomic mass is 9.88. The number of hydrogen-bond donors (Lipinski definition) is 4. The van der Waals surface area contributed by atoms with E-state index < -0.39 is 23.5 Å². The van der Waals surface area contributed by atoms with Gasteiger partial charge in [-0.2, -0.15) is 0 Å². The summed E-state index contributed by atoms with van der Waals surface area (Å²) in [6.07, 6.45) is -0.797. The van der Waals surface area contributed by atoms with E-state index in [2.05, 4.69) is 5.32 Å². The zero-order valence-electron chi connectivity index (χ0n) is 18.6. The second-order valence-corrected chi connectivity index (χ2v) is 9.78. The summed E-state index contributed by atoms with van der Waals surface area (Å²) < 4.78 is 10.5. The van der Waals surface area contributed by atoms with Gasteiger partial charge in [-0.15, -0.1) is 0 Å². The highest BCUT2D eigenvalue weighted by Crippen LogP contribution is 2.57. The first-order valence-electron chi connectivity index (χ1n) is 11.5. The van der Waals surface area contributed by atoms with Gasteiger partial charge in [0.15, 0.2) is 11.3 Å². The second-order valence-electron chi connectivity index (χ2n) is 9.78. The molecule has 8 rings (SSSR count). The van der Waals surface area contributed by atoms with Crippen LogP contribution < -0.4 is 10.8 Å². The Kier molecular flexibility index (Phi) is 3.23. The number of hydrogen-bond acceptors (Lipinski definition) is 5. The number of nitrogens with zero attached hydrogens (tertiary/aromatic N) is 2. The van der Waals surface area contributed by atoms with Crippen LogP contribution in [0.4, 0.5) is 0 Å². The minimum absolute atomic E-state index is 0.0829. The Morgan fingerprint density at radius 1 is 1.09 bits per heavy atom. The maximum absolute atomic E-state index is 13.2. The highest BCUT2D eigenvalue weighted by molar-refractivity contribution is 6.31. The summed E-state index contributed by atoms with van der Waals surface area (Å²) in [5.41, 5.74) is 2.86. The number of benzene rings is 3. The number of nitrogens with one attached hydrogen (secondary N) is 2. The van der Waals surface area contributed by atoms with E-state index in [0.29, 0.717) is 12.1 Å². The number of rotatable bonds is 1. The molecular weight excluding hydrogens is 448 g/mol. The van der Waals surface area contributed by atoms with Crippen LogP contribution in [0.5, 0.6) is 0 Å². The van der Waals surface area contributed by atoms with Crippen molar-refractivity contribution < 1.29 is 24.6 Å². The Hall–Kier alpha value is -3.92. The molecule has 1 fully saturated rings. The van der Waals surface area contributed by atoms with Gasteiger partial charge < -0.3 is 24.3 Å². The van der Waals surface area contributed by atoms with E-state index in [4.69, 9.17) is 4.74 Å². The molecule has 3 aliphatic heterocycles. The zero-order chi connectivity index (χ0) is 23.9. The summed E-state index contributed by atoms with van der Waals surface area (Å²) in [6.45, 7) is 2.07. The van der Waals surface area contributed by atoms with Crippen LogP contribution in [0, 0.1) is 0 Å². The molecule has 3 atom stereocenters. The van der Waals surface area contributed by atoms with Gasteiger partial charge in [-0.05, 0) is 24.6 Å². The molecule has 4 N–H and O–H groups in total. The smallest absolute Gasteiger partial charge is 0.280 e. The number of ether oxygens (including phenoxy) is 1. The van der Waals surface area contributed by atoms with Crippen molar-refractivity contribution in [3.05, 3.63) is 59.7 Å². The molecule has 2 aromatic heterocycles. The van der Waals surface area contributed by atoms with Crippen molar-refractivity contribution in [3.8, 4) is 0 Å². The molecule has 0 saturated carbocycles. The lowest BCUT2D eigenvalue weighted by molar-refractivity contribution is -0.192. The maximum Gasteiger partial charge on any atom is 0.280 e. The van der Waals surface area contributed by atoms with E-state index in [1.54, 1.807) is 12.4 Å². The highest BCUT2D eigenvalue weighted by atomic mass is 16.6. The molecule has 3 aromatic carbocycles. The summed E-state index contributed by atoms with van der Waals surface area (Å²) in [5.74, 6) is -1.04. The summed E-state index contributed by atoms with van der Waals surface area (Å²) in [4.78, 5) is 26.2. The summed E-state index contributed by atoms with van der Waals surface area (Å²) >= 11 is 0. The van der Waals surface area contributed by atoms with Gasteiger partial charge in [-0.25, -0.2) is 5.48 Å². The minimum Gasteiger partial charge on any atom is -0.376 e. The third-order valence-electron chi connectivity index (χ3n) is 8.31. The van der Waals surface area contributed by atoms with Crippen LogP contribution >= 0.6 is 0 Å². The topological polar surface area (TPSA) is 118 Å². The first-order chi connectivity index (χ1) is 16.9. The highest BCUT2D eigenvalue weighted by Gasteiger charge is 2.65. The SMILES string of the molecule is C[C@]12O[C@H](C[C@@]1(O)C(=O)NO)n1c3ccccc3c3c4c(c5c6ccccc6n2c5c31)CNC4=O. The van der Waals surface area contributed by atoms with E-state index >= 15 is 0 Å². The second kappa shape index (κ2) is 5.83. The van der Waals surface area contributed by atoms with E-state index in [9.17, 15) is 19.9 Å². The van der Waals surface area contributed by atoms with Crippen LogP contribution in [0.15, 0.2) is 48.5 Å². The van der Waals surface area contributed by atoms with Crippen molar-refractivity contribution in [2.75, 3.05) is 0 Å². The molecule has 9 heteroatoms. The number of fused-ring (bicyclic) bond motifs is 13. The Bertz CT molecular complexity index is 1830. The van der Waals surface area contributed by atoms with Crippen molar-refractivity contribution in [1.29, 1.82) is 0 Å². The number of hydroxylamine groups is 1. The Morgan fingerprint density at radius 2 is 1.77 bits per heavy atom. The first kappa shape index (κ1) is 19.4. The van der Waals surface area contributed by atoms with Crippen LogP contribution in [-0.4, -0.2) is 36.9 Å². The van der Waals surface area contributed by atoms with E-state index in [-0.39, 0.29) is 12.3 Å². The zero-order valence-corrected chi connectivity index (χ0v) is 18.6. The summed E-state index contributed by atoms with van der Waals surface area (Å²) in [6, 6.07) is 15.5. The average Bonchev–Trinajstić information content (AvgIpc) is 3.55. The third-order valence-corrected chi connectivity index (χ3v) is 8.31. The normalized spacial score (nSPS) is 26.7. The Labute approximate surface area is 197 Å². The molecule has 2 amide bonds. The molecule has 35 heavy (non-hydrogen) atoms. The van der Waals surface area contributed by atoms with Crippen LogP contribution in [-0.2, 0) is 21.8 Å². The fraction of sp³-hybridized carbons (Fsp3) is 0.231. The fourth-order valence-corrected chi connectivity index (χ4v) is 6.85. The lowest BCUT2D eigenvalue weighted by Gasteiger charge is -2.38. The van der Waals surface area contributed by atoms with E-state index in [1.807, 2.05) is 57.7 Å². The number of para-hydroxylation sites is 2. The molecule has 1 saturated heterocycles. The van der Waals surface area contributed by atoms with Gasteiger partial charge >= 0.3 is 0 Å². The summed E-state index contributed by atoms with van der Waals surface area (Å²) in [5, 5.41) is 28.0. The van der Waals surface area contributed by atoms with Gasteiger partial charge in [0.25, 0.3) is 11.8 Å². The fourth-order valence-electron chi connectivity index (χ4n) is 6.85. The molecule has 3 aliphatic rings. The molecule has 174 valence electrons. The summed E-state index contributed by atoms with van der Waals surface area (Å²) in [7, 11) is 0. The molecule has 0 radical (unpaired) electrons. The number of aliphatic hydroxyl groups is 1. The van der Waals surface area contributed by atoms with Gasteiger partial charge in [0.2, 0.25) is 0 Å². The molecule has 5 aromatic rings. The van der Waals surface area contributed by atoms with Gasteiger partial charge in [0.05, 0.1) is 27.6 Å². The van der Waals surface area contributed by atoms with Crippen LogP contribution in [0.3, 0.4) is 0 Å². The third kappa shape index (κ3) is 1.89. The van der Waals surface area contributed by atoms with Gasteiger partial charge in [0.1, 0.15) is 6.23 Å². The van der Waals surface area contributed by atoms with E-state index in [0.717, 1.165) is 49.2 Å². The number of amides is 2. The molecule has 0 unspecified atom stereocenters. The minimum atomic E-state index is -2.07. The monoisotopic (exact) mass is 468 g/mol. The number of carbonyl (C=O) groups excluding carboxylic acids is 2. The Balaban J connectivity index is 1.73. The molecule has 5 heterocycles. The molecule has 0 aliphatic carbocycles. The van der Waals surface area contributed by atoms with Crippen LogP contribution in [0.1, 0.15) is 35.5 Å². The van der Waals surface area contributed by atoms with E-state index in [1.165, 1.54) is 0 Å². The van der Waals surface area contributed by atoms with Crippen molar-refractivity contribution >= 4 is 55.4 Å². The maximum atomic E-state index is 13.2. The van der Waals surface area contributed by atoms with Crippen molar-refractivity contribution in [3.63, 3.8) is 0 Å². The molecule has 2 bridgehead atoms. The Morgan fingerprint density at radius 3 is 2.51 bits per heavy atom.